The quantitative estimate of drug-likeness (QED) is 0.706. The van der Waals surface area contributed by atoms with Crippen LogP contribution in [0.15, 0.2) is 69.6 Å². The van der Waals surface area contributed by atoms with Crippen molar-refractivity contribution >= 4 is 21.8 Å². The Kier molecular flexibility index (Phi) is 4.63. The molecule has 0 fully saturated rings. The molecule has 0 unspecified atom stereocenters. The maximum atomic E-state index is 12.2. The number of carbonyl (C=O) groups is 1. The van der Waals surface area contributed by atoms with Gasteiger partial charge in [-0.3, -0.25) is 4.79 Å². The highest BCUT2D eigenvalue weighted by Gasteiger charge is 2.10. The van der Waals surface area contributed by atoms with E-state index in [4.69, 9.17) is 4.42 Å². The molecule has 0 atom stereocenters. The van der Waals surface area contributed by atoms with Gasteiger partial charge in [0.05, 0.1) is 6.54 Å². The Balaban J connectivity index is 1.67. The Bertz CT molecular complexity index is 821. The highest BCUT2D eigenvalue weighted by atomic mass is 79.9. The van der Waals surface area contributed by atoms with Crippen molar-refractivity contribution < 1.29 is 9.21 Å². The summed E-state index contributed by atoms with van der Waals surface area (Å²) in [5.41, 5.74) is 2.65. The Morgan fingerprint density at radius 3 is 2.52 bits per heavy atom. The van der Waals surface area contributed by atoms with Crippen LogP contribution in [-0.2, 0) is 6.54 Å². The predicted octanol–water partition coefficient (Wildman–Crippen LogP) is 4.95. The van der Waals surface area contributed by atoms with Crippen molar-refractivity contribution in [2.75, 3.05) is 0 Å². The number of halogens is 1. The third-order valence-electron chi connectivity index (χ3n) is 3.60. The molecule has 1 heterocycles. The first-order valence-electron chi connectivity index (χ1n) is 7.32. The van der Waals surface area contributed by atoms with E-state index < -0.39 is 0 Å². The van der Waals surface area contributed by atoms with Gasteiger partial charge in [0, 0.05) is 15.6 Å². The van der Waals surface area contributed by atoms with E-state index in [0.29, 0.717) is 12.1 Å². The molecule has 0 aliphatic rings. The van der Waals surface area contributed by atoms with E-state index in [-0.39, 0.29) is 5.91 Å². The summed E-state index contributed by atoms with van der Waals surface area (Å²) in [6.07, 6.45) is 0. The van der Waals surface area contributed by atoms with Crippen molar-refractivity contribution in [2.45, 2.75) is 13.5 Å². The van der Waals surface area contributed by atoms with E-state index in [1.807, 2.05) is 67.6 Å². The minimum Gasteiger partial charge on any atom is -0.459 e. The third-order valence-corrected chi connectivity index (χ3v) is 4.13. The van der Waals surface area contributed by atoms with E-state index in [1.54, 1.807) is 0 Å². The SMILES string of the molecule is Cc1ccccc1C(=O)NCc1ccc(-c2ccc(Br)cc2)o1. The van der Waals surface area contributed by atoms with Gasteiger partial charge >= 0.3 is 0 Å². The average molecular weight is 370 g/mol. The summed E-state index contributed by atoms with van der Waals surface area (Å²) >= 11 is 3.41. The number of hydrogen-bond acceptors (Lipinski definition) is 2. The van der Waals surface area contributed by atoms with Crippen molar-refractivity contribution in [2.24, 2.45) is 0 Å². The minimum absolute atomic E-state index is 0.0929. The van der Waals surface area contributed by atoms with Crippen LogP contribution < -0.4 is 5.32 Å². The van der Waals surface area contributed by atoms with Gasteiger partial charge in [0.1, 0.15) is 11.5 Å². The van der Waals surface area contributed by atoms with Gasteiger partial charge in [-0.25, -0.2) is 0 Å². The molecule has 0 radical (unpaired) electrons. The van der Waals surface area contributed by atoms with Crippen molar-refractivity contribution in [3.63, 3.8) is 0 Å². The fraction of sp³-hybridized carbons (Fsp3) is 0.105. The summed E-state index contributed by atoms with van der Waals surface area (Å²) < 4.78 is 6.82. The molecule has 0 spiro atoms. The summed E-state index contributed by atoms with van der Waals surface area (Å²) in [5, 5.41) is 2.89. The monoisotopic (exact) mass is 369 g/mol. The fourth-order valence-electron chi connectivity index (χ4n) is 2.33. The number of rotatable bonds is 4. The number of nitrogens with one attached hydrogen (secondary N) is 1. The maximum absolute atomic E-state index is 12.2. The number of furan rings is 1. The molecule has 2 aromatic carbocycles. The highest BCUT2D eigenvalue weighted by molar-refractivity contribution is 9.10. The van der Waals surface area contributed by atoms with E-state index in [2.05, 4.69) is 21.2 Å². The van der Waals surface area contributed by atoms with Crippen LogP contribution in [0.3, 0.4) is 0 Å². The van der Waals surface area contributed by atoms with E-state index >= 15 is 0 Å². The topological polar surface area (TPSA) is 42.2 Å². The summed E-state index contributed by atoms with van der Waals surface area (Å²) in [6, 6.07) is 19.2. The van der Waals surface area contributed by atoms with Crippen molar-refractivity contribution in [1.82, 2.24) is 5.32 Å². The molecule has 0 aliphatic heterocycles. The number of hydrogen-bond donors (Lipinski definition) is 1. The summed E-state index contributed by atoms with van der Waals surface area (Å²) in [4.78, 5) is 12.2. The second-order valence-corrected chi connectivity index (χ2v) is 6.19. The second kappa shape index (κ2) is 6.84. The molecule has 0 bridgehead atoms. The van der Waals surface area contributed by atoms with E-state index in [9.17, 15) is 4.79 Å². The van der Waals surface area contributed by atoms with E-state index in [1.165, 1.54) is 0 Å². The molecule has 3 nitrogen and oxygen atoms in total. The van der Waals surface area contributed by atoms with Crippen LogP contribution in [0.25, 0.3) is 11.3 Å². The maximum Gasteiger partial charge on any atom is 0.251 e. The molecule has 4 heteroatoms. The molecule has 3 aromatic rings. The predicted molar refractivity (Wildman–Crippen MR) is 94.2 cm³/mol. The molecule has 0 saturated carbocycles. The van der Waals surface area contributed by atoms with Crippen molar-refractivity contribution in [3.05, 3.63) is 82.0 Å². The number of amides is 1. The van der Waals surface area contributed by atoms with Crippen molar-refractivity contribution in [3.8, 4) is 11.3 Å². The molecule has 1 amide bonds. The molecule has 1 aromatic heterocycles. The summed E-state index contributed by atoms with van der Waals surface area (Å²) in [5.74, 6) is 1.42. The fourth-order valence-corrected chi connectivity index (χ4v) is 2.60. The zero-order valence-corrected chi connectivity index (χ0v) is 14.3. The number of carbonyl (C=O) groups excluding carboxylic acids is 1. The standard InChI is InChI=1S/C19H16BrNO2/c1-13-4-2-3-5-17(13)19(22)21-12-16-10-11-18(23-16)14-6-8-15(20)9-7-14/h2-11H,12H2,1H3,(H,21,22). The first kappa shape index (κ1) is 15.6. The first-order valence-corrected chi connectivity index (χ1v) is 8.11. The van der Waals surface area contributed by atoms with Gasteiger partial charge in [-0.15, -0.1) is 0 Å². The molecular weight excluding hydrogens is 354 g/mol. The molecular formula is C19H16BrNO2. The van der Waals surface area contributed by atoms with Crippen LogP contribution in [-0.4, -0.2) is 5.91 Å². The smallest absolute Gasteiger partial charge is 0.251 e. The Morgan fingerprint density at radius 1 is 1.04 bits per heavy atom. The lowest BCUT2D eigenvalue weighted by molar-refractivity contribution is 0.0947. The van der Waals surface area contributed by atoms with Crippen molar-refractivity contribution in [1.29, 1.82) is 0 Å². The number of aryl methyl sites for hydroxylation is 1. The second-order valence-electron chi connectivity index (χ2n) is 5.27. The largest absolute Gasteiger partial charge is 0.459 e. The lowest BCUT2D eigenvalue weighted by Crippen LogP contribution is -2.23. The minimum atomic E-state index is -0.0929. The van der Waals surface area contributed by atoms with Gasteiger partial charge in [-0.05, 0) is 42.8 Å². The Labute approximate surface area is 143 Å². The lowest BCUT2D eigenvalue weighted by Gasteiger charge is -2.06. The first-order chi connectivity index (χ1) is 11.1. The van der Waals surface area contributed by atoms with E-state index in [0.717, 1.165) is 27.1 Å². The normalized spacial score (nSPS) is 10.5. The van der Waals surface area contributed by atoms with Gasteiger partial charge in [-0.2, -0.15) is 0 Å². The number of benzene rings is 2. The highest BCUT2D eigenvalue weighted by Crippen LogP contribution is 2.24. The van der Waals surface area contributed by atoms with Crippen LogP contribution in [0.2, 0.25) is 0 Å². The molecule has 3 rings (SSSR count). The average Bonchev–Trinajstić information content (AvgIpc) is 3.03. The lowest BCUT2D eigenvalue weighted by atomic mass is 10.1. The summed E-state index contributed by atoms with van der Waals surface area (Å²) in [7, 11) is 0. The zero-order chi connectivity index (χ0) is 16.2. The van der Waals surface area contributed by atoms with Crippen LogP contribution in [0.1, 0.15) is 21.7 Å². The van der Waals surface area contributed by atoms with Gasteiger partial charge in [0.25, 0.3) is 5.91 Å². The van der Waals surface area contributed by atoms with Crippen LogP contribution in [0.4, 0.5) is 0 Å². The van der Waals surface area contributed by atoms with Crippen LogP contribution in [0, 0.1) is 6.92 Å². The molecule has 0 aliphatic carbocycles. The van der Waals surface area contributed by atoms with Crippen LogP contribution in [0.5, 0.6) is 0 Å². The van der Waals surface area contributed by atoms with Crippen LogP contribution >= 0.6 is 15.9 Å². The van der Waals surface area contributed by atoms with Gasteiger partial charge in [-0.1, -0.05) is 46.3 Å². The zero-order valence-electron chi connectivity index (χ0n) is 12.7. The summed E-state index contributed by atoms with van der Waals surface area (Å²) in [6.45, 7) is 2.29. The van der Waals surface area contributed by atoms with Gasteiger partial charge < -0.3 is 9.73 Å². The van der Waals surface area contributed by atoms with Gasteiger partial charge in [0.15, 0.2) is 0 Å². The Hall–Kier alpha value is -2.33. The van der Waals surface area contributed by atoms with Gasteiger partial charge in [0.2, 0.25) is 0 Å². The molecule has 116 valence electrons. The third kappa shape index (κ3) is 3.71. The molecule has 0 saturated heterocycles. The Morgan fingerprint density at radius 2 is 1.78 bits per heavy atom. The molecule has 1 N–H and O–H groups in total. The molecule has 23 heavy (non-hydrogen) atoms.